The normalized spacial score (nSPS) is 12.7. The number of amides is 1. The molecule has 20 heavy (non-hydrogen) atoms. The zero-order valence-corrected chi connectivity index (χ0v) is 11.7. The molecule has 7 heteroatoms. The summed E-state index contributed by atoms with van der Waals surface area (Å²) in [6.07, 6.45) is 0. The van der Waals surface area contributed by atoms with E-state index in [0.29, 0.717) is 17.1 Å². The third kappa shape index (κ3) is 3.53. The minimum absolute atomic E-state index is 0.0530. The first-order valence-corrected chi connectivity index (χ1v) is 6.01. The highest BCUT2D eigenvalue weighted by Crippen LogP contribution is 2.27. The molecule has 1 aromatic carbocycles. The number of oxime groups is 1. The van der Waals surface area contributed by atoms with Gasteiger partial charge in [0.05, 0.1) is 14.2 Å². The predicted molar refractivity (Wildman–Crippen MR) is 74.5 cm³/mol. The highest BCUT2D eigenvalue weighted by Gasteiger charge is 2.19. The van der Waals surface area contributed by atoms with Crippen LogP contribution in [0.1, 0.15) is 17.3 Å². The molecular formula is C13H19N3O4. The molecule has 0 aliphatic carbocycles. The van der Waals surface area contributed by atoms with Gasteiger partial charge in [-0.05, 0) is 12.1 Å². The number of benzene rings is 1. The topological polar surface area (TPSA) is 106 Å². The molecular weight excluding hydrogens is 262 g/mol. The van der Waals surface area contributed by atoms with E-state index in [0.717, 1.165) is 0 Å². The summed E-state index contributed by atoms with van der Waals surface area (Å²) < 4.78 is 10.3. The molecule has 1 amide bonds. The van der Waals surface area contributed by atoms with Gasteiger partial charge in [-0.25, -0.2) is 0 Å². The van der Waals surface area contributed by atoms with Gasteiger partial charge in [-0.1, -0.05) is 18.1 Å². The average molecular weight is 281 g/mol. The number of carbonyl (C=O) groups is 1. The van der Waals surface area contributed by atoms with Crippen molar-refractivity contribution in [2.24, 2.45) is 16.8 Å². The summed E-state index contributed by atoms with van der Waals surface area (Å²) in [6.45, 7) is 1.96. The number of nitrogens with two attached hydrogens (primary N) is 1. The van der Waals surface area contributed by atoms with Gasteiger partial charge in [-0.2, -0.15) is 0 Å². The summed E-state index contributed by atoms with van der Waals surface area (Å²) >= 11 is 0. The summed E-state index contributed by atoms with van der Waals surface area (Å²) in [6, 6.07) is 5.07. The summed E-state index contributed by atoms with van der Waals surface area (Å²) in [5, 5.41) is 14.2. The van der Waals surface area contributed by atoms with Crippen LogP contribution in [0, 0.1) is 5.92 Å². The summed E-state index contributed by atoms with van der Waals surface area (Å²) in [5.41, 5.74) is 5.76. The van der Waals surface area contributed by atoms with Gasteiger partial charge in [-0.3, -0.25) is 4.79 Å². The largest absolute Gasteiger partial charge is 0.496 e. The number of methoxy groups -OCH3 is 2. The maximum atomic E-state index is 12.2. The second-order valence-electron chi connectivity index (χ2n) is 4.17. The molecule has 0 spiro atoms. The number of rotatable bonds is 6. The van der Waals surface area contributed by atoms with Crippen LogP contribution in [-0.2, 0) is 0 Å². The van der Waals surface area contributed by atoms with Crippen molar-refractivity contribution < 1.29 is 19.5 Å². The molecule has 0 heterocycles. The van der Waals surface area contributed by atoms with Crippen molar-refractivity contribution in [3.05, 3.63) is 23.8 Å². The molecule has 0 aliphatic rings. The third-order valence-electron chi connectivity index (χ3n) is 2.84. The highest BCUT2D eigenvalue weighted by atomic mass is 16.5. The molecule has 0 fully saturated rings. The fourth-order valence-electron chi connectivity index (χ4n) is 1.61. The van der Waals surface area contributed by atoms with Crippen molar-refractivity contribution in [3.63, 3.8) is 0 Å². The number of carbonyl (C=O) groups excluding carboxylic acids is 1. The minimum Gasteiger partial charge on any atom is -0.496 e. The van der Waals surface area contributed by atoms with Crippen LogP contribution in [0.4, 0.5) is 0 Å². The lowest BCUT2D eigenvalue weighted by Gasteiger charge is -2.15. The first-order valence-electron chi connectivity index (χ1n) is 6.01. The van der Waals surface area contributed by atoms with Gasteiger partial charge in [0.1, 0.15) is 22.9 Å². The Labute approximate surface area is 117 Å². The zero-order valence-electron chi connectivity index (χ0n) is 11.7. The Balaban J connectivity index is 2.87. The van der Waals surface area contributed by atoms with Crippen LogP contribution in [0.15, 0.2) is 23.4 Å². The van der Waals surface area contributed by atoms with Crippen LogP contribution >= 0.6 is 0 Å². The lowest BCUT2D eigenvalue weighted by molar-refractivity contribution is 0.0944. The van der Waals surface area contributed by atoms with Crippen LogP contribution in [0.3, 0.4) is 0 Å². The number of nitrogens with zero attached hydrogens (tertiary/aromatic N) is 1. The molecule has 0 saturated carbocycles. The SMILES string of the molecule is COc1cccc(OC)c1C(=O)NCC(C)C(N)=NO. The van der Waals surface area contributed by atoms with Crippen molar-refractivity contribution in [1.29, 1.82) is 0 Å². The van der Waals surface area contributed by atoms with Gasteiger partial charge < -0.3 is 25.7 Å². The lowest BCUT2D eigenvalue weighted by Crippen LogP contribution is -2.35. The molecule has 0 saturated heterocycles. The maximum Gasteiger partial charge on any atom is 0.258 e. The van der Waals surface area contributed by atoms with E-state index in [-0.39, 0.29) is 24.2 Å². The molecule has 1 rings (SSSR count). The summed E-state index contributed by atoms with van der Waals surface area (Å²) in [4.78, 5) is 12.2. The fourth-order valence-corrected chi connectivity index (χ4v) is 1.61. The highest BCUT2D eigenvalue weighted by molar-refractivity contribution is 6.00. The molecule has 0 bridgehead atoms. The van der Waals surface area contributed by atoms with E-state index in [1.165, 1.54) is 14.2 Å². The van der Waals surface area contributed by atoms with Crippen LogP contribution in [0.5, 0.6) is 11.5 Å². The summed E-state index contributed by atoms with van der Waals surface area (Å²) in [7, 11) is 2.95. The van der Waals surface area contributed by atoms with E-state index in [1.54, 1.807) is 25.1 Å². The van der Waals surface area contributed by atoms with Gasteiger partial charge in [0.2, 0.25) is 0 Å². The molecule has 1 unspecified atom stereocenters. The molecule has 7 nitrogen and oxygen atoms in total. The van der Waals surface area contributed by atoms with Gasteiger partial charge >= 0.3 is 0 Å². The van der Waals surface area contributed by atoms with Gasteiger partial charge in [-0.15, -0.1) is 0 Å². The Hall–Kier alpha value is -2.44. The van der Waals surface area contributed by atoms with E-state index >= 15 is 0 Å². The standard InChI is InChI=1S/C13H19N3O4/c1-8(12(14)16-18)7-15-13(17)11-9(19-2)5-4-6-10(11)20-3/h4-6,8,18H,7H2,1-3H3,(H2,14,16)(H,15,17). The monoisotopic (exact) mass is 281 g/mol. The quantitative estimate of drug-likeness (QED) is 0.310. The zero-order chi connectivity index (χ0) is 15.1. The second kappa shape index (κ2) is 7.22. The van der Waals surface area contributed by atoms with Crippen LogP contribution in [0.25, 0.3) is 0 Å². The van der Waals surface area contributed by atoms with Crippen molar-refractivity contribution >= 4 is 11.7 Å². The maximum absolute atomic E-state index is 12.2. The van der Waals surface area contributed by atoms with Crippen LogP contribution in [0.2, 0.25) is 0 Å². The Kier molecular flexibility index (Phi) is 5.64. The van der Waals surface area contributed by atoms with E-state index < -0.39 is 0 Å². The Morgan fingerprint density at radius 3 is 2.40 bits per heavy atom. The lowest BCUT2D eigenvalue weighted by atomic mass is 10.1. The number of amidine groups is 1. The number of hydrogen-bond acceptors (Lipinski definition) is 5. The second-order valence-corrected chi connectivity index (χ2v) is 4.17. The molecule has 1 aromatic rings. The van der Waals surface area contributed by atoms with E-state index in [1.807, 2.05) is 0 Å². The fraction of sp³-hybridized carbons (Fsp3) is 0.385. The van der Waals surface area contributed by atoms with Crippen molar-refractivity contribution in [1.82, 2.24) is 5.32 Å². The van der Waals surface area contributed by atoms with Crippen LogP contribution < -0.4 is 20.5 Å². The first kappa shape index (κ1) is 15.6. The van der Waals surface area contributed by atoms with Crippen molar-refractivity contribution in [3.8, 4) is 11.5 Å². The Bertz CT molecular complexity index is 480. The van der Waals surface area contributed by atoms with Gasteiger partial charge in [0, 0.05) is 12.5 Å². The number of nitrogens with one attached hydrogen (secondary N) is 1. The predicted octanol–water partition coefficient (Wildman–Crippen LogP) is 0.816. The molecule has 1 atom stereocenters. The molecule has 0 radical (unpaired) electrons. The van der Waals surface area contributed by atoms with Crippen molar-refractivity contribution in [2.75, 3.05) is 20.8 Å². The Morgan fingerprint density at radius 2 is 1.95 bits per heavy atom. The van der Waals surface area contributed by atoms with Gasteiger partial charge in [0.25, 0.3) is 5.91 Å². The first-order chi connectivity index (χ1) is 9.54. The number of ether oxygens (including phenoxy) is 2. The van der Waals surface area contributed by atoms with Crippen LogP contribution in [-0.4, -0.2) is 37.7 Å². The van der Waals surface area contributed by atoms with E-state index in [9.17, 15) is 4.79 Å². The smallest absolute Gasteiger partial charge is 0.258 e. The average Bonchev–Trinajstić information content (AvgIpc) is 2.50. The summed E-state index contributed by atoms with van der Waals surface area (Å²) in [5.74, 6) is 0.246. The Morgan fingerprint density at radius 1 is 1.40 bits per heavy atom. The van der Waals surface area contributed by atoms with E-state index in [2.05, 4.69) is 10.5 Å². The minimum atomic E-state index is -0.350. The number of hydrogen-bond donors (Lipinski definition) is 3. The van der Waals surface area contributed by atoms with E-state index in [4.69, 9.17) is 20.4 Å². The molecule has 0 aromatic heterocycles. The molecule has 0 aliphatic heterocycles. The molecule has 4 N–H and O–H groups in total. The third-order valence-corrected chi connectivity index (χ3v) is 2.84. The molecule has 110 valence electrons. The van der Waals surface area contributed by atoms with Gasteiger partial charge in [0.15, 0.2) is 0 Å². The van der Waals surface area contributed by atoms with Crippen molar-refractivity contribution in [2.45, 2.75) is 6.92 Å².